The summed E-state index contributed by atoms with van der Waals surface area (Å²) < 4.78 is 6.00. The van der Waals surface area contributed by atoms with Gasteiger partial charge in [0.15, 0.2) is 5.75 Å². The van der Waals surface area contributed by atoms with Gasteiger partial charge in [-0.2, -0.15) is 0 Å². The molecule has 0 aliphatic carbocycles. The van der Waals surface area contributed by atoms with E-state index in [0.29, 0.717) is 42.1 Å². The van der Waals surface area contributed by atoms with Crippen LogP contribution in [0.1, 0.15) is 29.3 Å². The number of carbonyl (C=O) groups excluding carboxylic acids is 2. The second kappa shape index (κ2) is 8.19. The number of para-hydroxylation sites is 2. The van der Waals surface area contributed by atoms with Crippen molar-refractivity contribution in [2.24, 2.45) is 0 Å². The molecule has 1 aliphatic heterocycles. The van der Waals surface area contributed by atoms with Crippen LogP contribution >= 0.6 is 0 Å². The third kappa shape index (κ3) is 3.99. The van der Waals surface area contributed by atoms with Gasteiger partial charge in [0.2, 0.25) is 5.91 Å². The molecule has 2 amide bonds. The number of hydrogen-bond donors (Lipinski definition) is 1. The summed E-state index contributed by atoms with van der Waals surface area (Å²) in [6, 6.07) is 22.5. The zero-order chi connectivity index (χ0) is 20.2. The van der Waals surface area contributed by atoms with Crippen LogP contribution in [0.5, 0.6) is 11.5 Å². The zero-order valence-electron chi connectivity index (χ0n) is 16.2. The predicted molar refractivity (Wildman–Crippen MR) is 114 cm³/mol. The molecular formula is C24H22N2O3. The number of hydrogen-bond acceptors (Lipinski definition) is 3. The lowest BCUT2D eigenvalue weighted by molar-refractivity contribution is -0.116. The van der Waals surface area contributed by atoms with Crippen molar-refractivity contribution in [3.63, 3.8) is 0 Å². The summed E-state index contributed by atoms with van der Waals surface area (Å²) >= 11 is 0. The third-order valence-electron chi connectivity index (χ3n) is 4.91. The van der Waals surface area contributed by atoms with E-state index in [2.05, 4.69) is 5.32 Å². The van der Waals surface area contributed by atoms with Crippen molar-refractivity contribution in [1.29, 1.82) is 0 Å². The van der Waals surface area contributed by atoms with E-state index in [4.69, 9.17) is 4.74 Å². The number of anilines is 2. The van der Waals surface area contributed by atoms with E-state index in [-0.39, 0.29) is 11.8 Å². The first-order valence-corrected chi connectivity index (χ1v) is 9.72. The molecule has 0 saturated heterocycles. The summed E-state index contributed by atoms with van der Waals surface area (Å²) in [4.78, 5) is 27.2. The number of nitrogens with one attached hydrogen (secondary N) is 1. The quantitative estimate of drug-likeness (QED) is 0.669. The Morgan fingerprint density at radius 3 is 2.52 bits per heavy atom. The molecule has 5 heteroatoms. The van der Waals surface area contributed by atoms with Gasteiger partial charge < -0.3 is 15.0 Å². The number of fused-ring (bicyclic) bond motifs is 2. The van der Waals surface area contributed by atoms with Crippen molar-refractivity contribution in [1.82, 2.24) is 0 Å². The molecule has 146 valence electrons. The highest BCUT2D eigenvalue weighted by molar-refractivity contribution is 6.10. The molecule has 1 aliphatic rings. The largest absolute Gasteiger partial charge is 0.454 e. The number of rotatable bonds is 5. The van der Waals surface area contributed by atoms with Crippen molar-refractivity contribution in [2.45, 2.75) is 19.8 Å². The van der Waals surface area contributed by atoms with Crippen LogP contribution in [0.2, 0.25) is 0 Å². The average Bonchev–Trinajstić information content (AvgIpc) is 2.87. The van der Waals surface area contributed by atoms with E-state index >= 15 is 0 Å². The topological polar surface area (TPSA) is 58.6 Å². The molecule has 1 heterocycles. The van der Waals surface area contributed by atoms with Crippen LogP contribution in [-0.2, 0) is 11.2 Å². The summed E-state index contributed by atoms with van der Waals surface area (Å²) in [7, 11) is 0. The minimum Gasteiger partial charge on any atom is -0.454 e. The van der Waals surface area contributed by atoms with Gasteiger partial charge in [-0.15, -0.1) is 0 Å². The summed E-state index contributed by atoms with van der Waals surface area (Å²) in [6.07, 6.45) is 1.04. The molecule has 0 atom stereocenters. The van der Waals surface area contributed by atoms with Gasteiger partial charge in [-0.25, -0.2) is 0 Å². The maximum Gasteiger partial charge on any atom is 0.262 e. The van der Waals surface area contributed by atoms with Gasteiger partial charge in [0.1, 0.15) is 5.75 Å². The first kappa shape index (κ1) is 18.7. The van der Waals surface area contributed by atoms with Gasteiger partial charge in [-0.05, 0) is 49.2 Å². The molecule has 0 radical (unpaired) electrons. The van der Waals surface area contributed by atoms with Gasteiger partial charge in [0.05, 0.1) is 11.3 Å². The number of nitrogens with zero attached hydrogens (tertiary/aromatic N) is 1. The maximum atomic E-state index is 13.1. The Bertz CT molecular complexity index is 1050. The second-order valence-electron chi connectivity index (χ2n) is 6.86. The van der Waals surface area contributed by atoms with E-state index in [9.17, 15) is 9.59 Å². The van der Waals surface area contributed by atoms with E-state index in [1.807, 2.05) is 61.5 Å². The number of benzene rings is 3. The van der Waals surface area contributed by atoms with Crippen LogP contribution in [0.3, 0.4) is 0 Å². The third-order valence-corrected chi connectivity index (χ3v) is 4.91. The average molecular weight is 386 g/mol. The summed E-state index contributed by atoms with van der Waals surface area (Å²) in [5.41, 5.74) is 2.87. The molecule has 0 aromatic heterocycles. The van der Waals surface area contributed by atoms with Crippen LogP contribution in [0.4, 0.5) is 11.4 Å². The normalized spacial score (nSPS) is 12.4. The lowest BCUT2D eigenvalue weighted by Crippen LogP contribution is -2.29. The molecule has 29 heavy (non-hydrogen) atoms. The molecule has 0 spiro atoms. The molecule has 4 rings (SSSR count). The monoisotopic (exact) mass is 386 g/mol. The highest BCUT2D eigenvalue weighted by Gasteiger charge is 2.27. The molecule has 3 aromatic rings. The van der Waals surface area contributed by atoms with Gasteiger partial charge in [0, 0.05) is 18.7 Å². The van der Waals surface area contributed by atoms with Gasteiger partial charge in [-0.3, -0.25) is 9.59 Å². The van der Waals surface area contributed by atoms with Crippen molar-refractivity contribution < 1.29 is 14.3 Å². The van der Waals surface area contributed by atoms with Crippen molar-refractivity contribution in [3.05, 3.63) is 83.9 Å². The smallest absolute Gasteiger partial charge is 0.262 e. The Labute approximate surface area is 169 Å². The van der Waals surface area contributed by atoms with Crippen LogP contribution in [0, 0.1) is 0 Å². The lowest BCUT2D eigenvalue weighted by atomic mass is 10.1. The van der Waals surface area contributed by atoms with Crippen LogP contribution in [0.25, 0.3) is 0 Å². The van der Waals surface area contributed by atoms with Crippen molar-refractivity contribution >= 4 is 23.2 Å². The van der Waals surface area contributed by atoms with Gasteiger partial charge >= 0.3 is 0 Å². The van der Waals surface area contributed by atoms with E-state index in [1.54, 1.807) is 23.1 Å². The standard InChI is InChI=1S/C24H22N2O3/c1-2-26-20-10-6-7-11-22(20)29-21-14-13-18(16-19(21)24(26)28)25-23(27)15-12-17-8-4-3-5-9-17/h3-11,13-14,16H,2,12,15H2,1H3,(H,25,27). The highest BCUT2D eigenvalue weighted by atomic mass is 16.5. The molecule has 5 nitrogen and oxygen atoms in total. The SMILES string of the molecule is CCN1C(=O)c2cc(NC(=O)CCc3ccccc3)ccc2Oc2ccccc21. The molecular weight excluding hydrogens is 364 g/mol. The first-order valence-electron chi connectivity index (χ1n) is 9.72. The molecule has 3 aromatic carbocycles. The fraction of sp³-hybridized carbons (Fsp3) is 0.167. The predicted octanol–water partition coefficient (Wildman–Crippen LogP) is 5.03. The minimum absolute atomic E-state index is 0.0913. The fourth-order valence-electron chi connectivity index (χ4n) is 3.44. The second-order valence-corrected chi connectivity index (χ2v) is 6.86. The van der Waals surface area contributed by atoms with E-state index < -0.39 is 0 Å². The molecule has 0 fully saturated rings. The van der Waals surface area contributed by atoms with E-state index in [1.165, 1.54) is 0 Å². The lowest BCUT2D eigenvalue weighted by Gasteiger charge is -2.19. The molecule has 0 unspecified atom stereocenters. The first-order chi connectivity index (χ1) is 14.2. The summed E-state index contributed by atoms with van der Waals surface area (Å²) in [5, 5.41) is 2.89. The summed E-state index contributed by atoms with van der Waals surface area (Å²) in [6.45, 7) is 2.45. The number of carbonyl (C=O) groups is 2. The molecule has 0 saturated carbocycles. The van der Waals surface area contributed by atoms with Gasteiger partial charge in [-0.1, -0.05) is 42.5 Å². The van der Waals surface area contributed by atoms with Crippen LogP contribution in [0.15, 0.2) is 72.8 Å². The summed E-state index contributed by atoms with van der Waals surface area (Å²) in [5.74, 6) is 0.890. The minimum atomic E-state index is -0.146. The molecule has 1 N–H and O–H groups in total. The molecule has 0 bridgehead atoms. The fourth-order valence-corrected chi connectivity index (χ4v) is 3.44. The Morgan fingerprint density at radius 2 is 1.72 bits per heavy atom. The Hall–Kier alpha value is -3.60. The van der Waals surface area contributed by atoms with Crippen LogP contribution in [-0.4, -0.2) is 18.4 Å². The Morgan fingerprint density at radius 1 is 0.966 bits per heavy atom. The number of ether oxygens (including phenoxy) is 1. The highest BCUT2D eigenvalue weighted by Crippen LogP contribution is 2.39. The van der Waals surface area contributed by atoms with E-state index in [0.717, 1.165) is 11.3 Å². The Kier molecular flexibility index (Phi) is 5.29. The zero-order valence-corrected chi connectivity index (χ0v) is 16.2. The maximum absolute atomic E-state index is 13.1. The number of amides is 2. The van der Waals surface area contributed by atoms with Gasteiger partial charge in [0.25, 0.3) is 5.91 Å². The van der Waals surface area contributed by atoms with Crippen LogP contribution < -0.4 is 15.0 Å². The van der Waals surface area contributed by atoms with Crippen molar-refractivity contribution in [2.75, 3.05) is 16.8 Å². The number of aryl methyl sites for hydroxylation is 1. The Balaban J connectivity index is 1.53. The van der Waals surface area contributed by atoms with Crippen molar-refractivity contribution in [3.8, 4) is 11.5 Å².